The van der Waals surface area contributed by atoms with Crippen LogP contribution in [0.4, 0.5) is 8.78 Å². The minimum atomic E-state index is -2.96. The highest BCUT2D eigenvalue weighted by atomic mass is 28.4. The lowest BCUT2D eigenvalue weighted by Crippen LogP contribution is -2.67. The molecule has 2 N–H and O–H groups in total. The molecule has 16 heteroatoms. The van der Waals surface area contributed by atoms with Crippen molar-refractivity contribution in [1.82, 2.24) is 0 Å². The normalized spacial score (nSPS) is 14.5. The summed E-state index contributed by atoms with van der Waals surface area (Å²) in [5.74, 6) is -2.19. The van der Waals surface area contributed by atoms with Crippen molar-refractivity contribution in [3.05, 3.63) is 289 Å². The molecule has 0 bridgehead atoms. The van der Waals surface area contributed by atoms with Gasteiger partial charge in [0, 0.05) is 30.7 Å². The van der Waals surface area contributed by atoms with E-state index in [0.717, 1.165) is 43.4 Å². The second-order valence-corrected chi connectivity index (χ2v) is 35.5. The third-order valence-corrected chi connectivity index (χ3v) is 28.0. The van der Waals surface area contributed by atoms with E-state index in [9.17, 15) is 19.8 Å². The van der Waals surface area contributed by atoms with Crippen LogP contribution in [-0.2, 0) is 41.0 Å². The fourth-order valence-corrected chi connectivity index (χ4v) is 21.5. The van der Waals surface area contributed by atoms with E-state index in [0.29, 0.717) is 25.2 Å². The van der Waals surface area contributed by atoms with Gasteiger partial charge in [-0.2, -0.15) is 0 Å². The average Bonchev–Trinajstić information content (AvgIpc) is 0.750. The molecule has 8 aromatic rings. The summed E-state index contributed by atoms with van der Waals surface area (Å²) in [6.45, 7) is 22.1. The van der Waals surface area contributed by atoms with Crippen LogP contribution in [0.25, 0.3) is 0 Å². The highest BCUT2D eigenvalue weighted by molar-refractivity contribution is 7.00. The van der Waals surface area contributed by atoms with Crippen molar-refractivity contribution in [3.8, 4) is 11.5 Å². The van der Waals surface area contributed by atoms with Crippen LogP contribution in [0.5, 0.6) is 11.5 Å². The van der Waals surface area contributed by atoms with Gasteiger partial charge in [0.15, 0.2) is 12.2 Å². The first-order chi connectivity index (χ1) is 47.9. The van der Waals surface area contributed by atoms with Crippen molar-refractivity contribution in [3.63, 3.8) is 0 Å². The second-order valence-electron chi connectivity index (χ2n) is 27.0. The predicted molar refractivity (Wildman–Crippen MR) is 413 cm³/mol. The number of carbonyl (C=O) groups excluding carboxylic acids is 2. The third kappa shape index (κ3) is 23.3. The van der Waals surface area contributed by atoms with Crippen LogP contribution in [0.3, 0.4) is 0 Å². The number of aliphatic hydroxyl groups excluding tert-OH is 2. The summed E-state index contributed by atoms with van der Waals surface area (Å²) < 4.78 is 80.1. The van der Waals surface area contributed by atoms with Gasteiger partial charge >= 0.3 is 11.9 Å². The van der Waals surface area contributed by atoms with Gasteiger partial charge in [0.05, 0.1) is 51.3 Å². The Bertz CT molecular complexity index is 3720. The molecule has 0 aliphatic carbocycles. The van der Waals surface area contributed by atoms with E-state index in [-0.39, 0.29) is 62.1 Å². The van der Waals surface area contributed by atoms with Crippen molar-refractivity contribution >= 4 is 49.3 Å². The largest absolute Gasteiger partial charge is 0.497 e. The van der Waals surface area contributed by atoms with Crippen LogP contribution < -0.4 is 30.2 Å². The lowest BCUT2D eigenvalue weighted by molar-refractivity contribution is -0.0723. The molecule has 0 saturated carbocycles. The first-order valence-corrected chi connectivity index (χ1v) is 38.0. The Balaban J connectivity index is 0.000000360. The fourth-order valence-electron chi connectivity index (χ4n) is 11.9. The number of hydrogen-bond donors (Lipinski definition) is 2. The lowest BCUT2D eigenvalue weighted by atomic mass is 10.00. The minimum Gasteiger partial charge on any atom is -0.497 e. The van der Waals surface area contributed by atoms with Crippen LogP contribution in [0.1, 0.15) is 129 Å². The Hall–Kier alpha value is -8.43. The molecule has 0 aliphatic rings. The number of esters is 2. The molecule has 0 aromatic heterocycles. The molecule has 0 saturated heterocycles. The van der Waals surface area contributed by atoms with Gasteiger partial charge in [-0.15, -0.1) is 0 Å². The maximum Gasteiger partial charge on any atom is 0.339 e. The van der Waals surface area contributed by atoms with Gasteiger partial charge in [0.1, 0.15) is 29.3 Å². The summed E-state index contributed by atoms with van der Waals surface area (Å²) in [7, 11) is -2.60. The summed E-state index contributed by atoms with van der Waals surface area (Å²) in [6, 6.07) is 72.9. The predicted octanol–water partition coefficient (Wildman–Crippen LogP) is 17.1. The zero-order valence-electron chi connectivity index (χ0n) is 59.8. The Labute approximate surface area is 608 Å². The number of ether oxygens (including phenoxy) is 6. The number of halogens is 2. The molecule has 0 heterocycles. The molecule has 0 amide bonds. The average molecular weight is 1430 g/mol. The highest BCUT2D eigenvalue weighted by Crippen LogP contribution is 2.40. The zero-order chi connectivity index (χ0) is 72.3. The molecule has 546 valence electrons. The number of aliphatic hydroxyl groups is 2. The minimum absolute atomic E-state index is 0. The summed E-state index contributed by atoms with van der Waals surface area (Å²) in [4.78, 5) is 26.1. The molecule has 8 aromatic carbocycles. The van der Waals surface area contributed by atoms with Crippen molar-refractivity contribution in [1.29, 1.82) is 0 Å². The molecular formula is C86H108F2O12Si2. The molecule has 0 aliphatic heterocycles. The molecule has 0 spiro atoms. The standard InChI is InChI=1S/C42H51FO7Si.C42H49FO5Si.2CH4/c1-30(31(2)50-51(42(3,4)5,35-18-12-8-13-19-35)36-20-14-9-15-21-36)28-37(43)40(49-41(46)33-16-10-7-11-17-33)39(45)38(44)26-27-48-29-32-22-24-34(47-6)25-23-32;1-32(33(2)48-49(42(3,4)5,37-20-12-8-13-21-37)38-22-14-9-15-23-38)30-39(43)40(47-41(44)35-18-10-7-11-19-35)24-16-17-29-46-31-34-25-27-36(45-6)28-26-34;;/h7-25,28,30-31,38-40,44-45H,26-27,29H2,1-6H3;7-16,18-28,30,32-33,40H,17,29,31H2,1-6H3;2*1H4/b37-28+;24-16-,39-30+;;/t30-,31-,38+,39+,40?;32-,33-,40?;;/m00../s1. The van der Waals surface area contributed by atoms with E-state index in [4.69, 9.17) is 37.3 Å². The van der Waals surface area contributed by atoms with Crippen LogP contribution in [0.15, 0.2) is 266 Å². The van der Waals surface area contributed by atoms with Crippen LogP contribution in [0.2, 0.25) is 10.1 Å². The summed E-state index contributed by atoms with van der Waals surface area (Å²) in [5, 5.41) is 26.2. The van der Waals surface area contributed by atoms with Gasteiger partial charge in [-0.25, -0.2) is 18.4 Å². The van der Waals surface area contributed by atoms with E-state index < -0.39 is 76.7 Å². The zero-order valence-corrected chi connectivity index (χ0v) is 61.8. The SMILES string of the molecule is C.C.COc1ccc(COCC/C=C\C(OC(=O)c2ccccc2)/C(F)=C\[C@H](C)[C@H](C)O[Si](c2ccccc2)(c2ccccc2)C(C)(C)C)cc1.COc1ccc(COCC[C@@H](O)[C@@H](O)C(OC(=O)c2ccccc2)/C(F)=C\[C@H](C)[C@H](C)O[Si](c2ccccc2)(c2ccccc2)C(C)(C)C)cc1. The molecule has 2 unspecified atom stereocenters. The summed E-state index contributed by atoms with van der Waals surface area (Å²) in [6.07, 6.45) is -0.294. The Kier molecular flexibility index (Phi) is 33.9. The van der Waals surface area contributed by atoms with Crippen LogP contribution in [-0.4, -0.2) is 103 Å². The third-order valence-electron chi connectivity index (χ3n) is 17.8. The van der Waals surface area contributed by atoms with Crippen molar-refractivity contribution in [2.24, 2.45) is 11.8 Å². The maximum atomic E-state index is 16.4. The van der Waals surface area contributed by atoms with Gasteiger partial charge in [-0.3, -0.25) is 0 Å². The molecular weight excluding hydrogens is 1320 g/mol. The molecule has 0 radical (unpaired) electrons. The summed E-state index contributed by atoms with van der Waals surface area (Å²) >= 11 is 0. The van der Waals surface area contributed by atoms with E-state index >= 15 is 8.78 Å². The van der Waals surface area contributed by atoms with E-state index in [1.165, 1.54) is 12.2 Å². The molecule has 8 atom stereocenters. The highest BCUT2D eigenvalue weighted by Gasteiger charge is 2.53. The van der Waals surface area contributed by atoms with Gasteiger partial charge in [-0.1, -0.05) is 258 Å². The van der Waals surface area contributed by atoms with Crippen LogP contribution >= 0.6 is 0 Å². The van der Waals surface area contributed by atoms with Gasteiger partial charge in [0.25, 0.3) is 16.6 Å². The Morgan fingerprint density at radius 1 is 0.461 bits per heavy atom. The van der Waals surface area contributed by atoms with E-state index in [2.05, 4.69) is 90.1 Å². The summed E-state index contributed by atoms with van der Waals surface area (Å²) in [5.41, 5.74) is 2.47. The van der Waals surface area contributed by atoms with Gasteiger partial charge in [-0.05, 0) is 135 Å². The van der Waals surface area contributed by atoms with Crippen molar-refractivity contribution < 1.29 is 65.9 Å². The number of methoxy groups -OCH3 is 2. The Morgan fingerprint density at radius 2 is 0.794 bits per heavy atom. The van der Waals surface area contributed by atoms with Gasteiger partial charge < -0.3 is 47.5 Å². The van der Waals surface area contributed by atoms with E-state index in [1.54, 1.807) is 81.0 Å². The number of rotatable bonds is 33. The molecule has 0 fully saturated rings. The molecule has 102 heavy (non-hydrogen) atoms. The first kappa shape index (κ1) is 84.2. The smallest absolute Gasteiger partial charge is 0.339 e. The van der Waals surface area contributed by atoms with Crippen LogP contribution in [0, 0.1) is 11.8 Å². The topological polar surface area (TPSA) is 148 Å². The van der Waals surface area contributed by atoms with Gasteiger partial charge in [0.2, 0.25) is 0 Å². The molecule has 12 nitrogen and oxygen atoms in total. The number of carbonyl (C=O) groups is 2. The van der Waals surface area contributed by atoms with Crippen molar-refractivity contribution in [2.75, 3.05) is 27.4 Å². The monoisotopic (exact) mass is 1430 g/mol. The van der Waals surface area contributed by atoms with Crippen molar-refractivity contribution in [2.45, 2.75) is 157 Å². The lowest BCUT2D eigenvalue weighted by Gasteiger charge is -2.45. The quantitative estimate of drug-likeness (QED) is 0.0175. The number of benzene rings is 8. The maximum absolute atomic E-state index is 16.4. The first-order valence-electron chi connectivity index (χ1n) is 34.2. The Morgan fingerprint density at radius 3 is 1.15 bits per heavy atom. The number of hydrogen-bond acceptors (Lipinski definition) is 12. The molecule has 8 rings (SSSR count). The fraction of sp³-hybridized carbons (Fsp3) is 0.349. The second kappa shape index (κ2) is 41.0. The van der Waals surface area contributed by atoms with E-state index in [1.807, 2.05) is 155 Å².